The maximum absolute atomic E-state index is 13.7. The van der Waals surface area contributed by atoms with Crippen LogP contribution in [0, 0.1) is 5.82 Å². The van der Waals surface area contributed by atoms with Crippen LogP contribution in [0.1, 0.15) is 45.0 Å². The maximum atomic E-state index is 13.7. The molecule has 1 saturated heterocycles. The molecule has 3 heterocycles. The van der Waals surface area contributed by atoms with Crippen molar-refractivity contribution in [2.45, 2.75) is 18.8 Å². The van der Waals surface area contributed by atoms with Crippen molar-refractivity contribution in [3.63, 3.8) is 0 Å². The molecule has 1 aromatic heterocycles. The Morgan fingerprint density at radius 1 is 0.971 bits per heavy atom. The zero-order valence-corrected chi connectivity index (χ0v) is 18.6. The summed E-state index contributed by atoms with van der Waals surface area (Å²) in [5, 5.41) is 3.43. The molecular weight excluding hydrogens is 433 g/mol. The van der Waals surface area contributed by atoms with E-state index in [9.17, 15) is 14.0 Å². The average molecular weight is 458 g/mol. The number of carbonyl (C=O) groups is 2. The van der Waals surface area contributed by atoms with Gasteiger partial charge in [0.15, 0.2) is 0 Å². The van der Waals surface area contributed by atoms with Crippen molar-refractivity contribution >= 4 is 33.5 Å². The molecule has 4 aromatic rings. The number of likely N-dealkylation sites (tertiary alicyclic amines) is 1. The van der Waals surface area contributed by atoms with E-state index in [1.807, 2.05) is 30.5 Å². The van der Waals surface area contributed by atoms with Crippen LogP contribution in [-0.4, -0.2) is 53.0 Å². The Morgan fingerprint density at radius 3 is 2.38 bits per heavy atom. The molecule has 0 radical (unpaired) electrons. The summed E-state index contributed by atoms with van der Waals surface area (Å²) in [5.41, 5.74) is 3.11. The van der Waals surface area contributed by atoms with Gasteiger partial charge in [0.1, 0.15) is 5.82 Å². The zero-order valence-electron chi connectivity index (χ0n) is 18.6. The van der Waals surface area contributed by atoms with Gasteiger partial charge in [0.25, 0.3) is 11.8 Å². The highest BCUT2D eigenvalue weighted by molar-refractivity contribution is 6.24. The van der Waals surface area contributed by atoms with Gasteiger partial charge in [0, 0.05) is 29.0 Å². The minimum Gasteiger partial charge on any atom is -0.361 e. The monoisotopic (exact) mass is 457 g/mol. The fraction of sp³-hybridized carbons (Fsp3) is 0.259. The van der Waals surface area contributed by atoms with E-state index >= 15 is 0 Å². The van der Waals surface area contributed by atoms with Crippen molar-refractivity contribution in [2.24, 2.45) is 0 Å². The first-order valence-corrected chi connectivity index (χ1v) is 11.6. The molecule has 7 heteroatoms. The molecular formula is C27H24FN3O3. The highest BCUT2D eigenvalue weighted by Crippen LogP contribution is 2.34. The third-order valence-electron chi connectivity index (χ3n) is 7.07. The number of amides is 2. The molecule has 2 aliphatic rings. The molecule has 6 nitrogen and oxygen atoms in total. The van der Waals surface area contributed by atoms with Gasteiger partial charge in [0.2, 0.25) is 0 Å². The van der Waals surface area contributed by atoms with Gasteiger partial charge >= 0.3 is 0 Å². The van der Waals surface area contributed by atoms with Gasteiger partial charge in [-0.25, -0.2) is 4.39 Å². The number of aromatic nitrogens is 1. The first kappa shape index (κ1) is 21.0. The number of fused-ring (bicyclic) bond motifs is 1. The molecule has 172 valence electrons. The number of rotatable bonds is 5. The highest BCUT2D eigenvalue weighted by Gasteiger charge is 2.34. The lowest BCUT2D eigenvalue weighted by atomic mass is 9.89. The van der Waals surface area contributed by atoms with E-state index in [2.05, 4.69) is 9.88 Å². The number of imide groups is 1. The van der Waals surface area contributed by atoms with Crippen molar-refractivity contribution < 1.29 is 18.8 Å². The maximum Gasteiger partial charge on any atom is 0.285 e. The number of H-pyrrole nitrogens is 1. The summed E-state index contributed by atoms with van der Waals surface area (Å²) in [6.07, 6.45) is 3.92. The Hall–Kier alpha value is -3.55. The minimum absolute atomic E-state index is 0.219. The molecule has 1 fully saturated rings. The van der Waals surface area contributed by atoms with Crippen LogP contribution in [0.2, 0.25) is 0 Å². The Labute approximate surface area is 195 Å². The summed E-state index contributed by atoms with van der Waals surface area (Å²) in [4.78, 5) is 37.1. The number of hydroxylamine groups is 2. The summed E-state index contributed by atoms with van der Waals surface area (Å²) in [7, 11) is 0. The smallest absolute Gasteiger partial charge is 0.285 e. The number of halogens is 1. The van der Waals surface area contributed by atoms with Crippen LogP contribution in [0.4, 0.5) is 4.39 Å². The molecule has 2 aliphatic heterocycles. The molecule has 0 unspecified atom stereocenters. The van der Waals surface area contributed by atoms with E-state index in [-0.39, 0.29) is 12.4 Å². The van der Waals surface area contributed by atoms with Crippen molar-refractivity contribution in [1.82, 2.24) is 14.9 Å². The van der Waals surface area contributed by atoms with Crippen LogP contribution in [0.25, 0.3) is 21.7 Å². The van der Waals surface area contributed by atoms with Gasteiger partial charge in [-0.3, -0.25) is 14.4 Å². The lowest BCUT2D eigenvalue weighted by molar-refractivity contribution is -0.100. The molecule has 3 aromatic carbocycles. The van der Waals surface area contributed by atoms with Crippen LogP contribution >= 0.6 is 0 Å². The number of nitrogens with one attached hydrogen (secondary N) is 1. The van der Waals surface area contributed by atoms with E-state index in [1.54, 1.807) is 24.3 Å². The quantitative estimate of drug-likeness (QED) is 0.435. The number of benzene rings is 3. The lowest BCUT2D eigenvalue weighted by Gasteiger charge is -2.32. The van der Waals surface area contributed by atoms with E-state index in [0.717, 1.165) is 47.3 Å². The van der Waals surface area contributed by atoms with Crippen molar-refractivity contribution in [3.05, 3.63) is 83.3 Å². The Bertz CT molecular complexity index is 1370. The minimum atomic E-state index is -0.417. The number of carbonyl (C=O) groups excluding carboxylic acids is 2. The second kappa shape index (κ2) is 8.34. The lowest BCUT2D eigenvalue weighted by Crippen LogP contribution is -2.42. The van der Waals surface area contributed by atoms with Crippen LogP contribution in [0.3, 0.4) is 0 Å². The normalized spacial score (nSPS) is 17.3. The van der Waals surface area contributed by atoms with Gasteiger partial charge in [-0.15, -0.1) is 5.06 Å². The van der Waals surface area contributed by atoms with Gasteiger partial charge in [-0.1, -0.05) is 24.3 Å². The zero-order chi connectivity index (χ0) is 23.2. The van der Waals surface area contributed by atoms with Crippen LogP contribution < -0.4 is 0 Å². The predicted molar refractivity (Wildman–Crippen MR) is 127 cm³/mol. The fourth-order valence-electron chi connectivity index (χ4n) is 5.31. The van der Waals surface area contributed by atoms with Crippen LogP contribution in [0.5, 0.6) is 0 Å². The molecule has 0 atom stereocenters. The molecule has 1 N–H and O–H groups in total. The van der Waals surface area contributed by atoms with E-state index in [1.165, 1.54) is 11.6 Å². The number of hydrogen-bond donors (Lipinski definition) is 1. The largest absolute Gasteiger partial charge is 0.361 e. The number of aromatic amines is 1. The second-order valence-corrected chi connectivity index (χ2v) is 9.00. The van der Waals surface area contributed by atoms with Crippen molar-refractivity contribution in [3.8, 4) is 0 Å². The molecule has 0 spiro atoms. The molecule has 0 aliphatic carbocycles. The highest BCUT2D eigenvalue weighted by atomic mass is 19.1. The first-order chi connectivity index (χ1) is 16.6. The summed E-state index contributed by atoms with van der Waals surface area (Å²) < 4.78 is 13.7. The number of nitrogens with zero attached hydrogens (tertiary/aromatic N) is 2. The van der Waals surface area contributed by atoms with E-state index < -0.39 is 11.8 Å². The Morgan fingerprint density at radius 2 is 1.68 bits per heavy atom. The van der Waals surface area contributed by atoms with Crippen molar-refractivity contribution in [2.75, 3.05) is 26.2 Å². The SMILES string of the molecule is O=C1c2cccc3cccc(c23)C(=O)N1OCCN1CCC(c2c[nH]c3ccc(F)cc23)CC1. The third kappa shape index (κ3) is 3.48. The molecule has 0 bridgehead atoms. The van der Waals surface area contributed by atoms with Crippen LogP contribution in [0.15, 0.2) is 60.8 Å². The molecule has 0 saturated carbocycles. The summed E-state index contributed by atoms with van der Waals surface area (Å²) in [6.45, 7) is 2.62. The summed E-state index contributed by atoms with van der Waals surface area (Å²) in [6, 6.07) is 15.8. The van der Waals surface area contributed by atoms with E-state index in [0.29, 0.717) is 29.0 Å². The molecule has 34 heavy (non-hydrogen) atoms. The van der Waals surface area contributed by atoms with Gasteiger partial charge in [0.05, 0.1) is 17.7 Å². The van der Waals surface area contributed by atoms with Crippen molar-refractivity contribution in [1.29, 1.82) is 0 Å². The molecule has 6 rings (SSSR count). The number of hydrogen-bond acceptors (Lipinski definition) is 4. The average Bonchev–Trinajstić information content (AvgIpc) is 3.28. The Kier molecular flexibility index (Phi) is 5.16. The third-order valence-corrected chi connectivity index (χ3v) is 7.07. The second-order valence-electron chi connectivity index (χ2n) is 9.00. The number of piperidine rings is 1. The summed E-state index contributed by atoms with van der Waals surface area (Å²) >= 11 is 0. The van der Waals surface area contributed by atoms with Gasteiger partial charge < -0.3 is 9.88 Å². The predicted octanol–water partition coefficient (Wildman–Crippen LogP) is 4.87. The standard InChI is InChI=1S/C27H24FN3O3/c28-19-7-8-24-22(15-19)23(16-29-24)17-9-11-30(12-10-17)13-14-34-31-26(32)20-5-1-3-18-4-2-6-21(25(18)20)27(31)33/h1-8,15-17,29H,9-14H2. The van der Waals surface area contributed by atoms with E-state index in [4.69, 9.17) is 4.84 Å². The topological polar surface area (TPSA) is 65.6 Å². The Balaban J connectivity index is 1.08. The summed E-state index contributed by atoms with van der Waals surface area (Å²) in [5.74, 6) is -0.683. The molecule has 2 amide bonds. The van der Waals surface area contributed by atoms with Crippen LogP contribution in [-0.2, 0) is 4.84 Å². The van der Waals surface area contributed by atoms with Gasteiger partial charge in [-0.05, 0) is 73.1 Å². The van der Waals surface area contributed by atoms with Gasteiger partial charge in [-0.2, -0.15) is 0 Å². The first-order valence-electron chi connectivity index (χ1n) is 11.6. The fourth-order valence-corrected chi connectivity index (χ4v) is 5.31.